The maximum Gasteiger partial charge on any atom is 0.111 e. The van der Waals surface area contributed by atoms with Crippen LogP contribution >= 0.6 is 0 Å². The van der Waals surface area contributed by atoms with E-state index in [0.29, 0.717) is 18.1 Å². The Morgan fingerprint density at radius 3 is 2.48 bits per heavy atom. The van der Waals surface area contributed by atoms with Crippen molar-refractivity contribution in [3.63, 3.8) is 0 Å². The van der Waals surface area contributed by atoms with Crippen LogP contribution in [0.3, 0.4) is 0 Å². The van der Waals surface area contributed by atoms with Gasteiger partial charge in [-0.2, -0.15) is 0 Å². The van der Waals surface area contributed by atoms with Crippen molar-refractivity contribution in [2.24, 2.45) is 5.92 Å². The smallest absolute Gasteiger partial charge is 0.111 e. The number of aliphatic hydroxyl groups excluding tert-OH is 2. The quantitative estimate of drug-likeness (QED) is 0.765. The molecule has 21 heavy (non-hydrogen) atoms. The van der Waals surface area contributed by atoms with Crippen LogP contribution in [0.2, 0.25) is 0 Å². The molecule has 0 fully saturated rings. The van der Waals surface area contributed by atoms with E-state index in [2.05, 4.69) is 32.1 Å². The van der Waals surface area contributed by atoms with Gasteiger partial charge in [-0.05, 0) is 49.0 Å². The highest BCUT2D eigenvalue weighted by atomic mass is 16.3. The summed E-state index contributed by atoms with van der Waals surface area (Å²) in [5.74, 6) is 0.761. The van der Waals surface area contributed by atoms with Crippen molar-refractivity contribution in [1.29, 1.82) is 0 Å². The average Bonchev–Trinajstić information content (AvgIpc) is 2.50. The molecule has 2 nitrogen and oxygen atoms in total. The predicted molar refractivity (Wildman–Crippen MR) is 88.0 cm³/mol. The molecule has 0 aromatic rings. The van der Waals surface area contributed by atoms with Crippen LogP contribution in [0, 0.1) is 5.92 Å². The lowest BCUT2D eigenvalue weighted by atomic mass is 9.82. The molecule has 0 radical (unpaired) electrons. The number of hydrogen-bond acceptors (Lipinski definition) is 2. The summed E-state index contributed by atoms with van der Waals surface area (Å²) in [5, 5.41) is 19.1. The molecule has 0 bridgehead atoms. The maximum atomic E-state index is 9.61. The lowest BCUT2D eigenvalue weighted by Gasteiger charge is -2.24. The van der Waals surface area contributed by atoms with Gasteiger partial charge in [0.2, 0.25) is 0 Å². The topological polar surface area (TPSA) is 40.5 Å². The first-order valence-electron chi connectivity index (χ1n) is 8.01. The predicted octanol–water partition coefficient (Wildman–Crippen LogP) is 4.76. The van der Waals surface area contributed by atoms with Crippen LogP contribution in [-0.4, -0.2) is 16.3 Å². The Balaban J connectivity index is 2.32. The minimum atomic E-state index is -0.337. The van der Waals surface area contributed by atoms with E-state index in [0.717, 1.165) is 25.7 Å². The van der Waals surface area contributed by atoms with E-state index < -0.39 is 0 Å². The third kappa shape index (κ3) is 3.98. The van der Waals surface area contributed by atoms with Gasteiger partial charge in [0.25, 0.3) is 0 Å². The third-order valence-corrected chi connectivity index (χ3v) is 4.21. The second kappa shape index (κ2) is 7.46. The number of aliphatic hydroxyl groups is 2. The van der Waals surface area contributed by atoms with E-state index in [9.17, 15) is 10.2 Å². The van der Waals surface area contributed by atoms with Crippen molar-refractivity contribution in [2.75, 3.05) is 0 Å². The van der Waals surface area contributed by atoms with Gasteiger partial charge < -0.3 is 10.2 Å². The van der Waals surface area contributed by atoms with Gasteiger partial charge in [-0.1, -0.05) is 50.1 Å². The third-order valence-electron chi connectivity index (χ3n) is 4.21. The summed E-state index contributed by atoms with van der Waals surface area (Å²) in [5.41, 5.74) is 4.15. The van der Waals surface area contributed by atoms with Crippen molar-refractivity contribution in [2.45, 2.75) is 52.1 Å². The van der Waals surface area contributed by atoms with Gasteiger partial charge >= 0.3 is 0 Å². The van der Waals surface area contributed by atoms with Gasteiger partial charge in [-0.3, -0.25) is 0 Å². The van der Waals surface area contributed by atoms with E-state index in [1.165, 1.54) is 16.7 Å². The molecule has 0 heterocycles. The molecule has 2 aliphatic rings. The molecule has 0 aromatic heterocycles. The molecule has 0 aliphatic heterocycles. The Morgan fingerprint density at radius 1 is 1.14 bits per heavy atom. The van der Waals surface area contributed by atoms with Crippen molar-refractivity contribution >= 4 is 0 Å². The van der Waals surface area contributed by atoms with E-state index in [1.54, 1.807) is 0 Å². The molecule has 2 unspecified atom stereocenters. The summed E-state index contributed by atoms with van der Waals surface area (Å²) >= 11 is 0. The van der Waals surface area contributed by atoms with Crippen LogP contribution in [0.25, 0.3) is 0 Å². The van der Waals surface area contributed by atoms with Crippen molar-refractivity contribution in [1.82, 2.24) is 0 Å². The van der Waals surface area contributed by atoms with Crippen LogP contribution in [0.15, 0.2) is 58.9 Å². The fourth-order valence-corrected chi connectivity index (χ4v) is 3.15. The number of allylic oxidation sites excluding steroid dienone is 7. The molecule has 2 atom stereocenters. The Labute approximate surface area is 127 Å². The molecule has 2 rings (SSSR count). The highest BCUT2D eigenvalue weighted by molar-refractivity contribution is 5.46. The first-order chi connectivity index (χ1) is 10.2. The number of rotatable bonds is 5. The lowest BCUT2D eigenvalue weighted by Crippen LogP contribution is -2.10. The van der Waals surface area contributed by atoms with Gasteiger partial charge in [-0.25, -0.2) is 0 Å². The van der Waals surface area contributed by atoms with Crippen LogP contribution in [0.4, 0.5) is 0 Å². The molecule has 114 valence electrons. The van der Waals surface area contributed by atoms with Crippen LogP contribution in [0.1, 0.15) is 46.0 Å². The molecule has 2 heteroatoms. The molecule has 0 aromatic carbocycles. The van der Waals surface area contributed by atoms with E-state index in [4.69, 9.17) is 0 Å². The van der Waals surface area contributed by atoms with E-state index >= 15 is 0 Å². The molecule has 0 amide bonds. The van der Waals surface area contributed by atoms with Gasteiger partial charge in [-0.15, -0.1) is 0 Å². The van der Waals surface area contributed by atoms with Gasteiger partial charge in [0.1, 0.15) is 5.76 Å². The van der Waals surface area contributed by atoms with Gasteiger partial charge in [0.15, 0.2) is 0 Å². The summed E-state index contributed by atoms with van der Waals surface area (Å²) in [6.07, 6.45) is 16.4. The second-order valence-electron chi connectivity index (χ2n) is 5.76. The van der Waals surface area contributed by atoms with Gasteiger partial charge in [0.05, 0.1) is 6.10 Å². The molecule has 2 aliphatic carbocycles. The summed E-state index contributed by atoms with van der Waals surface area (Å²) in [6, 6.07) is 0. The van der Waals surface area contributed by atoms with Crippen LogP contribution in [0.5, 0.6) is 0 Å². The fraction of sp³-hybridized carbons (Fsp3) is 0.474. The van der Waals surface area contributed by atoms with E-state index in [-0.39, 0.29) is 6.10 Å². The van der Waals surface area contributed by atoms with Crippen LogP contribution in [-0.2, 0) is 0 Å². The summed E-state index contributed by atoms with van der Waals surface area (Å²) < 4.78 is 0. The zero-order valence-electron chi connectivity index (χ0n) is 13.0. The Kier molecular flexibility index (Phi) is 5.63. The van der Waals surface area contributed by atoms with Crippen LogP contribution < -0.4 is 0 Å². The molecule has 0 saturated heterocycles. The maximum absolute atomic E-state index is 9.61. The highest BCUT2D eigenvalue weighted by Crippen LogP contribution is 2.34. The molecule has 2 N–H and O–H groups in total. The Morgan fingerprint density at radius 2 is 1.95 bits per heavy atom. The van der Waals surface area contributed by atoms with Crippen molar-refractivity contribution < 1.29 is 10.2 Å². The normalized spacial score (nSPS) is 26.2. The average molecular weight is 286 g/mol. The largest absolute Gasteiger partial charge is 0.508 e. The standard InChI is InChI=1S/C19H26O2/c1-3-5-19(15-8-12-17(21)13-9-15)18(4-2)14-6-10-16(20)11-7-14/h6-8,10,12-13,15-16,20-21H,3-5,9,11H2,1-2H3/b19-18+. The molecular formula is C19H26O2. The molecule has 0 saturated carbocycles. The minimum Gasteiger partial charge on any atom is -0.508 e. The first kappa shape index (κ1) is 15.8. The zero-order chi connectivity index (χ0) is 15.2. The summed E-state index contributed by atoms with van der Waals surface area (Å²) in [4.78, 5) is 0. The fourth-order valence-electron chi connectivity index (χ4n) is 3.15. The number of hydrogen-bond donors (Lipinski definition) is 2. The highest BCUT2D eigenvalue weighted by Gasteiger charge is 2.19. The SMILES string of the molecule is CCC/C(=C(/CC)C1=CCC(O)C=C1)C1C=CC(O)=CC1. The Hall–Kier alpha value is -1.54. The van der Waals surface area contributed by atoms with E-state index in [1.807, 2.05) is 18.2 Å². The minimum absolute atomic E-state index is 0.337. The molecule has 0 spiro atoms. The van der Waals surface area contributed by atoms with Crippen molar-refractivity contribution in [3.05, 3.63) is 58.9 Å². The first-order valence-corrected chi connectivity index (χ1v) is 8.01. The zero-order valence-corrected chi connectivity index (χ0v) is 13.0. The second-order valence-corrected chi connectivity index (χ2v) is 5.76. The lowest BCUT2D eigenvalue weighted by molar-refractivity contribution is 0.225. The van der Waals surface area contributed by atoms with Gasteiger partial charge in [0, 0.05) is 5.92 Å². The monoisotopic (exact) mass is 286 g/mol. The van der Waals surface area contributed by atoms with Crippen molar-refractivity contribution in [3.8, 4) is 0 Å². The summed E-state index contributed by atoms with van der Waals surface area (Å²) in [7, 11) is 0. The summed E-state index contributed by atoms with van der Waals surface area (Å²) in [6.45, 7) is 4.41. The Bertz CT molecular complexity index is 518. The molecular weight excluding hydrogens is 260 g/mol.